The summed E-state index contributed by atoms with van der Waals surface area (Å²) in [5.41, 5.74) is 13.3. The van der Waals surface area contributed by atoms with Crippen LogP contribution in [0.15, 0.2) is 238 Å². The third-order valence-electron chi connectivity index (χ3n) is 13.1. The first-order valence-electron chi connectivity index (χ1n) is 26.5. The lowest BCUT2D eigenvalue weighted by molar-refractivity contribution is 0.0950. The van der Waals surface area contributed by atoms with Gasteiger partial charge in [0.05, 0.1) is 39.1 Å². The Morgan fingerprint density at radius 3 is 1.41 bits per heavy atom. The van der Waals surface area contributed by atoms with Crippen LogP contribution in [0.5, 0.6) is 0 Å². The second-order valence-electron chi connectivity index (χ2n) is 18.5. The third kappa shape index (κ3) is 13.6. The molecule has 10 nitrogen and oxygen atoms in total. The van der Waals surface area contributed by atoms with E-state index in [9.17, 15) is 9.59 Å². The SMILES string of the molecule is CCCCCC(=O)c1ccnc(-c2cccc(C(=O)NCCCC)c2)c1.c1ccc(-c2ccccn2)nc1.c1ccc(-c2ccnc3c2ccc2c(-c4ccccc4)ccnc23)cc1.c1cnc2c(c1)ccc1cccnc12. The first kappa shape index (κ1) is 53.2. The van der Waals surface area contributed by atoms with Crippen molar-refractivity contribution in [1.82, 2.24) is 40.2 Å². The minimum absolute atomic E-state index is 0.0768. The van der Waals surface area contributed by atoms with Crippen molar-refractivity contribution in [2.75, 3.05) is 6.54 Å². The molecule has 78 heavy (non-hydrogen) atoms. The van der Waals surface area contributed by atoms with Gasteiger partial charge in [-0.3, -0.25) is 44.5 Å². The molecular weight excluding hydrogens is 961 g/mol. The summed E-state index contributed by atoms with van der Waals surface area (Å²) in [6, 6.07) is 64.0. The maximum atomic E-state index is 12.3. The Labute approximate surface area is 455 Å². The van der Waals surface area contributed by atoms with Crippen molar-refractivity contribution in [2.45, 2.75) is 52.4 Å². The van der Waals surface area contributed by atoms with Gasteiger partial charge in [0.2, 0.25) is 0 Å². The molecule has 7 heterocycles. The van der Waals surface area contributed by atoms with Crippen LogP contribution < -0.4 is 5.32 Å². The number of nitrogens with one attached hydrogen (secondary N) is 1. The Kier molecular flexibility index (Phi) is 18.6. The standard InChI is InChI=1S/C24H16N2.C22H28N2O2.C12H8N2.C10H8N2/c1-3-7-17(8-4-1)19-13-15-25-23-21(19)11-12-22-20(14-16-26-24(22)23)18-9-5-2-6-10-18;1-3-5-7-11-21(25)18-12-14-23-20(16-18)17-9-8-10-19(15-17)22(26)24-13-6-4-2;1-3-9-5-6-10-4-2-8-14-12(10)11(9)13-7-1;1-3-7-11-9(5-1)10-6-2-4-8-12-10/h1-16H;8-10,12,14-16H,3-7,11,13H2,1-2H3,(H,24,26);1-8H;1-8H. The van der Waals surface area contributed by atoms with Crippen LogP contribution in [0.1, 0.15) is 73.1 Å². The van der Waals surface area contributed by atoms with E-state index in [2.05, 4.69) is 151 Å². The zero-order valence-electron chi connectivity index (χ0n) is 43.9. The van der Waals surface area contributed by atoms with Gasteiger partial charge in [0, 0.05) is 94.6 Å². The van der Waals surface area contributed by atoms with Crippen molar-refractivity contribution in [1.29, 1.82) is 0 Å². The first-order valence-corrected chi connectivity index (χ1v) is 26.5. The average molecular weight is 1020 g/mol. The van der Waals surface area contributed by atoms with Crippen molar-refractivity contribution in [3.05, 3.63) is 249 Å². The number of carbonyl (C=O) groups excluding carboxylic acids is 2. The van der Waals surface area contributed by atoms with Crippen LogP contribution in [0, 0.1) is 0 Å². The number of Topliss-reactive ketones (excluding diaryl/α,β-unsaturated/α-hetero) is 1. The van der Waals surface area contributed by atoms with Gasteiger partial charge in [-0.2, -0.15) is 0 Å². The van der Waals surface area contributed by atoms with Crippen LogP contribution in [0.2, 0.25) is 0 Å². The minimum atomic E-state index is -0.0768. The Balaban J connectivity index is 0.000000133. The van der Waals surface area contributed by atoms with E-state index in [4.69, 9.17) is 0 Å². The van der Waals surface area contributed by atoms with Crippen LogP contribution in [0.3, 0.4) is 0 Å². The predicted molar refractivity (Wildman–Crippen MR) is 318 cm³/mol. The van der Waals surface area contributed by atoms with Gasteiger partial charge in [0.25, 0.3) is 5.91 Å². The molecule has 0 saturated heterocycles. The van der Waals surface area contributed by atoms with E-state index in [1.165, 1.54) is 22.3 Å². The van der Waals surface area contributed by atoms with Crippen molar-refractivity contribution in [2.24, 2.45) is 0 Å². The maximum absolute atomic E-state index is 12.3. The molecule has 0 aliphatic rings. The van der Waals surface area contributed by atoms with Gasteiger partial charge in [0.1, 0.15) is 0 Å². The average Bonchev–Trinajstić information content (AvgIpc) is 3.62. The second kappa shape index (κ2) is 27.2. The number of unbranched alkanes of at least 4 members (excludes halogenated alkanes) is 3. The quantitative estimate of drug-likeness (QED) is 0.0680. The Bertz CT molecular complexity index is 3630. The second-order valence-corrected chi connectivity index (χ2v) is 18.5. The number of nitrogens with zero attached hydrogens (tertiary/aromatic N) is 7. The maximum Gasteiger partial charge on any atom is 0.251 e. The highest BCUT2D eigenvalue weighted by atomic mass is 16.1. The lowest BCUT2D eigenvalue weighted by Crippen LogP contribution is -2.24. The van der Waals surface area contributed by atoms with E-state index in [0.29, 0.717) is 24.1 Å². The molecule has 0 fully saturated rings. The molecule has 0 saturated carbocycles. The molecule has 0 aliphatic carbocycles. The number of aromatic nitrogens is 7. The summed E-state index contributed by atoms with van der Waals surface area (Å²) in [5, 5.41) is 7.46. The molecule has 0 bridgehead atoms. The van der Waals surface area contributed by atoms with Crippen LogP contribution in [-0.2, 0) is 0 Å². The van der Waals surface area contributed by atoms with Crippen molar-refractivity contribution < 1.29 is 9.59 Å². The largest absolute Gasteiger partial charge is 0.352 e. The summed E-state index contributed by atoms with van der Waals surface area (Å²) in [5.74, 6) is 0.0719. The number of hydrogen-bond donors (Lipinski definition) is 1. The Morgan fingerprint density at radius 2 is 0.872 bits per heavy atom. The van der Waals surface area contributed by atoms with Gasteiger partial charge in [0.15, 0.2) is 5.78 Å². The zero-order chi connectivity index (χ0) is 53.7. The monoisotopic (exact) mass is 1020 g/mol. The summed E-state index contributed by atoms with van der Waals surface area (Å²) in [4.78, 5) is 55.4. The topological polar surface area (TPSA) is 136 Å². The zero-order valence-corrected chi connectivity index (χ0v) is 43.9. The highest BCUT2D eigenvalue weighted by Crippen LogP contribution is 2.35. The summed E-state index contributed by atoms with van der Waals surface area (Å²) < 4.78 is 0. The van der Waals surface area contributed by atoms with E-state index in [0.717, 1.165) is 98.4 Å². The number of benzene rings is 5. The number of pyridine rings is 7. The predicted octanol–water partition coefficient (Wildman–Crippen LogP) is 16.1. The molecule has 1 N–H and O–H groups in total. The van der Waals surface area contributed by atoms with E-state index < -0.39 is 0 Å². The highest BCUT2D eigenvalue weighted by molar-refractivity contribution is 6.11. The van der Waals surface area contributed by atoms with Gasteiger partial charge in [-0.1, -0.05) is 154 Å². The molecule has 0 spiro atoms. The van der Waals surface area contributed by atoms with Gasteiger partial charge >= 0.3 is 0 Å². The summed E-state index contributed by atoms with van der Waals surface area (Å²) >= 11 is 0. The number of fused-ring (bicyclic) bond motifs is 6. The third-order valence-corrected chi connectivity index (χ3v) is 13.1. The van der Waals surface area contributed by atoms with E-state index in [1.807, 2.05) is 97.3 Å². The Hall–Kier alpha value is -9.67. The Morgan fingerprint density at radius 1 is 0.372 bits per heavy atom. The molecule has 0 radical (unpaired) electrons. The van der Waals surface area contributed by atoms with Crippen molar-refractivity contribution in [3.63, 3.8) is 0 Å². The van der Waals surface area contributed by atoms with Gasteiger partial charge < -0.3 is 5.32 Å². The molecule has 0 aliphatic heterocycles. The van der Waals surface area contributed by atoms with Crippen molar-refractivity contribution in [3.8, 4) is 44.9 Å². The summed E-state index contributed by atoms with van der Waals surface area (Å²) in [7, 11) is 0. The number of carbonyl (C=O) groups is 2. The van der Waals surface area contributed by atoms with E-state index in [-0.39, 0.29) is 11.7 Å². The van der Waals surface area contributed by atoms with Crippen molar-refractivity contribution >= 4 is 55.3 Å². The van der Waals surface area contributed by atoms with Crippen LogP contribution in [-0.4, -0.2) is 53.1 Å². The summed E-state index contributed by atoms with van der Waals surface area (Å²) in [6.45, 7) is 4.90. The van der Waals surface area contributed by atoms with Crippen LogP contribution >= 0.6 is 0 Å². The lowest BCUT2D eigenvalue weighted by Gasteiger charge is -2.11. The van der Waals surface area contributed by atoms with Gasteiger partial charge in [-0.15, -0.1) is 0 Å². The van der Waals surface area contributed by atoms with E-state index >= 15 is 0 Å². The molecule has 12 aromatic rings. The van der Waals surface area contributed by atoms with Crippen LogP contribution in [0.25, 0.3) is 88.5 Å². The number of ketones is 1. The molecular formula is C68H60N8O2. The summed E-state index contributed by atoms with van der Waals surface area (Å²) in [6.07, 6.45) is 18.2. The fraction of sp³-hybridized carbons (Fsp3) is 0.132. The molecule has 7 aromatic heterocycles. The first-order chi connectivity index (χ1) is 38.5. The van der Waals surface area contributed by atoms with Gasteiger partial charge in [-0.05, 0) is 108 Å². The molecule has 0 atom stereocenters. The molecule has 0 unspecified atom stereocenters. The molecule has 5 aromatic carbocycles. The molecule has 12 rings (SSSR count). The molecule has 10 heteroatoms. The number of hydrogen-bond acceptors (Lipinski definition) is 9. The number of rotatable bonds is 13. The normalized spacial score (nSPS) is 10.6. The highest BCUT2D eigenvalue weighted by Gasteiger charge is 2.13. The molecule has 384 valence electrons. The van der Waals surface area contributed by atoms with Gasteiger partial charge in [-0.25, -0.2) is 0 Å². The van der Waals surface area contributed by atoms with E-state index in [1.54, 1.807) is 43.1 Å². The fourth-order valence-electron chi connectivity index (χ4n) is 9.02. The smallest absolute Gasteiger partial charge is 0.251 e. The van der Waals surface area contributed by atoms with Crippen LogP contribution in [0.4, 0.5) is 0 Å². The molecule has 1 amide bonds. The number of amides is 1. The lowest BCUT2D eigenvalue weighted by atomic mass is 9.97. The fourth-order valence-corrected chi connectivity index (χ4v) is 9.02. The minimum Gasteiger partial charge on any atom is -0.352 e.